The van der Waals surface area contributed by atoms with Crippen LogP contribution in [-0.2, 0) is 26.1 Å². The summed E-state index contributed by atoms with van der Waals surface area (Å²) in [4.78, 5) is 28.2. The number of carbonyl (C=O) groups excluding carboxylic acids is 2. The molecule has 1 fully saturated rings. The molecule has 2 heterocycles. The lowest BCUT2D eigenvalue weighted by Crippen LogP contribution is -2.42. The molecular formula is C17H19N3O5. The Hall–Kier alpha value is -2.87. The van der Waals surface area contributed by atoms with Gasteiger partial charge in [-0.1, -0.05) is 0 Å². The number of rotatable bonds is 3. The molecule has 0 saturated carbocycles. The van der Waals surface area contributed by atoms with Crippen LogP contribution in [0.1, 0.15) is 32.7 Å². The van der Waals surface area contributed by atoms with Crippen molar-refractivity contribution in [2.75, 3.05) is 5.32 Å². The van der Waals surface area contributed by atoms with Crippen molar-refractivity contribution in [2.45, 2.75) is 32.7 Å². The van der Waals surface area contributed by atoms with Crippen molar-refractivity contribution in [3.63, 3.8) is 0 Å². The molecule has 2 N–H and O–H groups in total. The van der Waals surface area contributed by atoms with Crippen LogP contribution < -0.4 is 5.32 Å². The van der Waals surface area contributed by atoms with Crippen LogP contribution in [0.5, 0.6) is 0 Å². The molecule has 1 atom stereocenters. The topological polar surface area (TPSA) is 103 Å². The van der Waals surface area contributed by atoms with Gasteiger partial charge in [-0.25, -0.2) is 14.6 Å². The van der Waals surface area contributed by atoms with Gasteiger partial charge in [-0.2, -0.15) is 0 Å². The zero-order valence-corrected chi connectivity index (χ0v) is 14.4. The predicted molar refractivity (Wildman–Crippen MR) is 89.3 cm³/mol. The lowest BCUT2D eigenvalue weighted by Gasteiger charge is -2.29. The smallest absolute Gasteiger partial charge is 0.350 e. The van der Waals surface area contributed by atoms with E-state index in [9.17, 15) is 14.7 Å². The van der Waals surface area contributed by atoms with Crippen molar-refractivity contribution in [3.05, 3.63) is 35.8 Å². The summed E-state index contributed by atoms with van der Waals surface area (Å²) in [5.74, 6) is -2.21. The van der Waals surface area contributed by atoms with E-state index >= 15 is 0 Å². The van der Waals surface area contributed by atoms with Gasteiger partial charge in [0.1, 0.15) is 11.9 Å². The highest BCUT2D eigenvalue weighted by Crippen LogP contribution is 2.25. The van der Waals surface area contributed by atoms with E-state index in [1.54, 1.807) is 23.6 Å². The average Bonchev–Trinajstić information content (AvgIpc) is 2.82. The van der Waals surface area contributed by atoms with Crippen molar-refractivity contribution in [2.24, 2.45) is 7.05 Å². The number of cyclic esters (lactones) is 2. The summed E-state index contributed by atoms with van der Waals surface area (Å²) in [6, 6.07) is 5.35. The average molecular weight is 345 g/mol. The zero-order valence-electron chi connectivity index (χ0n) is 14.4. The molecular weight excluding hydrogens is 326 g/mol. The van der Waals surface area contributed by atoms with Crippen LogP contribution in [0, 0.1) is 0 Å². The van der Waals surface area contributed by atoms with Gasteiger partial charge in [-0.3, -0.25) is 0 Å². The SMILES string of the molecule is CC(O)c1nc2cc(NC=C3C(=O)OC(C)(C)OC3=O)ccc2n1C. The molecule has 0 radical (unpaired) electrons. The Bertz CT molecular complexity index is 873. The molecule has 0 amide bonds. The third-order valence-electron chi connectivity index (χ3n) is 3.79. The molecule has 1 aliphatic heterocycles. The molecule has 1 saturated heterocycles. The fourth-order valence-corrected chi connectivity index (χ4v) is 2.62. The number of nitrogens with zero attached hydrogens (tertiary/aromatic N) is 2. The van der Waals surface area contributed by atoms with E-state index in [-0.39, 0.29) is 5.57 Å². The van der Waals surface area contributed by atoms with Crippen LogP contribution in [0.4, 0.5) is 5.69 Å². The Kier molecular flexibility index (Phi) is 4.00. The Labute approximate surface area is 144 Å². The molecule has 1 aromatic heterocycles. The van der Waals surface area contributed by atoms with E-state index in [1.165, 1.54) is 20.0 Å². The molecule has 132 valence electrons. The van der Waals surface area contributed by atoms with Gasteiger partial charge in [0.05, 0.1) is 11.0 Å². The second kappa shape index (κ2) is 5.89. The van der Waals surface area contributed by atoms with E-state index in [0.717, 1.165) is 5.52 Å². The number of aliphatic hydroxyl groups excluding tert-OH is 1. The number of fused-ring (bicyclic) bond motifs is 1. The molecule has 1 unspecified atom stereocenters. The molecule has 0 aliphatic carbocycles. The molecule has 8 heteroatoms. The number of carbonyl (C=O) groups is 2. The maximum absolute atomic E-state index is 11.9. The highest BCUT2D eigenvalue weighted by atomic mass is 16.7. The van der Waals surface area contributed by atoms with Gasteiger partial charge in [-0.15, -0.1) is 0 Å². The van der Waals surface area contributed by atoms with Gasteiger partial charge in [0.2, 0.25) is 0 Å². The van der Waals surface area contributed by atoms with E-state index in [2.05, 4.69) is 10.3 Å². The Morgan fingerprint density at radius 1 is 1.28 bits per heavy atom. The molecule has 2 aromatic rings. The number of imidazole rings is 1. The number of anilines is 1. The van der Waals surface area contributed by atoms with Gasteiger partial charge < -0.3 is 24.5 Å². The van der Waals surface area contributed by atoms with Crippen LogP contribution in [0.25, 0.3) is 11.0 Å². The molecule has 25 heavy (non-hydrogen) atoms. The first-order valence-corrected chi connectivity index (χ1v) is 7.76. The Morgan fingerprint density at radius 3 is 2.52 bits per heavy atom. The predicted octanol–water partition coefficient (Wildman–Crippen LogP) is 1.76. The summed E-state index contributed by atoms with van der Waals surface area (Å²) < 4.78 is 11.9. The van der Waals surface area contributed by atoms with Gasteiger partial charge in [-0.05, 0) is 25.1 Å². The van der Waals surface area contributed by atoms with E-state index in [1.807, 2.05) is 13.1 Å². The third-order valence-corrected chi connectivity index (χ3v) is 3.79. The lowest BCUT2D eigenvalue weighted by molar-refractivity contribution is -0.222. The fourth-order valence-electron chi connectivity index (χ4n) is 2.62. The third kappa shape index (κ3) is 3.20. The van der Waals surface area contributed by atoms with Crippen LogP contribution in [0.15, 0.2) is 30.0 Å². The summed E-state index contributed by atoms with van der Waals surface area (Å²) in [5, 5.41) is 12.6. The van der Waals surface area contributed by atoms with Gasteiger partial charge in [0.15, 0.2) is 5.57 Å². The standard InChI is InChI=1S/C17H19N3O5/c1-9(21)14-19-12-7-10(5-6-13(12)20(14)4)18-8-11-15(22)24-17(2,3)25-16(11)23/h5-9,18,21H,1-4H3. The van der Waals surface area contributed by atoms with Gasteiger partial charge >= 0.3 is 11.9 Å². The summed E-state index contributed by atoms with van der Waals surface area (Å²) in [6.07, 6.45) is 0.561. The van der Waals surface area contributed by atoms with Gasteiger partial charge in [0.25, 0.3) is 5.79 Å². The molecule has 8 nitrogen and oxygen atoms in total. The highest BCUT2D eigenvalue weighted by molar-refractivity contribution is 6.15. The monoisotopic (exact) mass is 345 g/mol. The lowest BCUT2D eigenvalue weighted by atomic mass is 10.2. The van der Waals surface area contributed by atoms with E-state index < -0.39 is 23.8 Å². The molecule has 1 aromatic carbocycles. The summed E-state index contributed by atoms with van der Waals surface area (Å²) in [5.41, 5.74) is 1.94. The van der Waals surface area contributed by atoms with Crippen LogP contribution in [-0.4, -0.2) is 32.4 Å². The number of aliphatic hydroxyl groups is 1. The van der Waals surface area contributed by atoms with Crippen molar-refractivity contribution < 1.29 is 24.2 Å². The maximum atomic E-state index is 11.9. The Balaban J connectivity index is 1.86. The highest BCUT2D eigenvalue weighted by Gasteiger charge is 2.38. The largest absolute Gasteiger partial charge is 0.419 e. The van der Waals surface area contributed by atoms with Gasteiger partial charge in [0, 0.05) is 32.8 Å². The van der Waals surface area contributed by atoms with Crippen LogP contribution in [0.3, 0.4) is 0 Å². The van der Waals surface area contributed by atoms with Crippen molar-refractivity contribution in [1.82, 2.24) is 9.55 Å². The first-order chi connectivity index (χ1) is 11.7. The first kappa shape index (κ1) is 17.0. The fraction of sp³-hybridized carbons (Fsp3) is 0.353. The maximum Gasteiger partial charge on any atom is 0.350 e. The van der Waals surface area contributed by atoms with E-state index in [0.29, 0.717) is 17.0 Å². The van der Waals surface area contributed by atoms with Crippen molar-refractivity contribution in [1.29, 1.82) is 0 Å². The number of aryl methyl sites for hydroxylation is 1. The molecule has 0 bridgehead atoms. The minimum absolute atomic E-state index is 0.217. The molecule has 3 rings (SSSR count). The summed E-state index contributed by atoms with van der Waals surface area (Å²) >= 11 is 0. The Morgan fingerprint density at radius 2 is 1.92 bits per heavy atom. The summed E-state index contributed by atoms with van der Waals surface area (Å²) in [7, 11) is 1.82. The van der Waals surface area contributed by atoms with Crippen LogP contribution in [0.2, 0.25) is 0 Å². The number of aromatic nitrogens is 2. The summed E-state index contributed by atoms with van der Waals surface area (Å²) in [6.45, 7) is 4.62. The van der Waals surface area contributed by atoms with Crippen LogP contribution >= 0.6 is 0 Å². The second-order valence-corrected chi connectivity index (χ2v) is 6.29. The number of esters is 2. The number of nitrogens with one attached hydrogen (secondary N) is 1. The van der Waals surface area contributed by atoms with Crippen molar-refractivity contribution in [3.8, 4) is 0 Å². The number of ether oxygens (including phenoxy) is 2. The second-order valence-electron chi connectivity index (χ2n) is 6.29. The number of benzene rings is 1. The molecule has 1 aliphatic rings. The number of hydrogen-bond acceptors (Lipinski definition) is 7. The first-order valence-electron chi connectivity index (χ1n) is 7.76. The zero-order chi connectivity index (χ0) is 18.4. The van der Waals surface area contributed by atoms with Crippen molar-refractivity contribution >= 4 is 28.7 Å². The number of hydrogen-bond donors (Lipinski definition) is 2. The van der Waals surface area contributed by atoms with E-state index in [4.69, 9.17) is 9.47 Å². The minimum Gasteiger partial charge on any atom is -0.419 e. The normalized spacial score (nSPS) is 17.9. The molecule has 0 spiro atoms. The quantitative estimate of drug-likeness (QED) is 0.496. The minimum atomic E-state index is -1.27.